The van der Waals surface area contributed by atoms with Crippen molar-refractivity contribution in [2.45, 2.75) is 0 Å². The zero-order chi connectivity index (χ0) is 9.00. The molecule has 0 fully saturated rings. The second-order valence-electron chi connectivity index (χ2n) is 0.856. The Labute approximate surface area is 85.4 Å². The molecule has 0 atom stereocenters. The number of hydrogen-bond acceptors (Lipinski definition) is 6. The third-order valence-electron chi connectivity index (χ3n) is 0. The van der Waals surface area contributed by atoms with Crippen LogP contribution in [0.3, 0.4) is 0 Å². The fourth-order valence-electron chi connectivity index (χ4n) is 0. The maximum Gasteiger partial charge on any atom is 2.00 e. The molecule has 0 bridgehead atoms. The normalized spacial score (nSPS) is 9.67. The van der Waals surface area contributed by atoms with Crippen molar-refractivity contribution in [1.29, 1.82) is 0 Å². The van der Waals surface area contributed by atoms with E-state index in [0.29, 0.717) is 0 Å². The molecule has 2 N–H and O–H groups in total. The Morgan fingerprint density at radius 3 is 0.917 bits per heavy atom. The van der Waals surface area contributed by atoms with E-state index in [4.69, 9.17) is 35.0 Å². The number of hydrogen-bond donors (Lipinski definition) is 2. The molecule has 0 aliphatic rings. The smallest absolute Gasteiger partial charge is 0.759 e. The molecule has 0 heterocycles. The minimum atomic E-state index is -5.17. The van der Waals surface area contributed by atoms with Crippen LogP contribution < -0.4 is 0 Å². The van der Waals surface area contributed by atoms with Gasteiger partial charge in [0.05, 0.1) is 0 Å². The summed E-state index contributed by atoms with van der Waals surface area (Å²) in [7, 11) is -9.83. The largest absolute Gasteiger partial charge is 2.00 e. The topological polar surface area (TPSA) is 155 Å². The van der Waals surface area contributed by atoms with E-state index >= 15 is 0 Å². The van der Waals surface area contributed by atoms with Gasteiger partial charge in [-0.2, -0.15) is 8.42 Å². The van der Waals surface area contributed by atoms with E-state index in [0.717, 1.165) is 0 Å². The van der Waals surface area contributed by atoms with E-state index < -0.39 is 20.8 Å². The minimum absolute atomic E-state index is 0. The fourth-order valence-corrected chi connectivity index (χ4v) is 0. The van der Waals surface area contributed by atoms with E-state index in [1.807, 2.05) is 0 Å². The second kappa shape index (κ2) is 8.16. The molecule has 0 aliphatic heterocycles. The molecular formula is H3ClCuO8S2. The molecule has 1 radical (unpaired) electrons. The zero-order valence-corrected chi connectivity index (χ0v) is 8.26. The van der Waals surface area contributed by atoms with Gasteiger partial charge in [-0.05, 0) is 0 Å². The third kappa shape index (κ3) is 3190. The maximum atomic E-state index is 8.74. The summed E-state index contributed by atoms with van der Waals surface area (Å²) in [5, 5.41) is 0. The van der Waals surface area contributed by atoms with Crippen molar-refractivity contribution in [3.05, 3.63) is 0 Å². The van der Waals surface area contributed by atoms with Crippen LogP contribution in [0.1, 0.15) is 0 Å². The molecular weight excluding hydrogens is 291 g/mol. The average Bonchev–Trinajstić information content (AvgIpc) is 1.12. The summed E-state index contributed by atoms with van der Waals surface area (Å²) in [6, 6.07) is 0. The van der Waals surface area contributed by atoms with Crippen molar-refractivity contribution >= 4 is 33.2 Å². The molecule has 0 saturated heterocycles. The van der Waals surface area contributed by atoms with E-state index in [2.05, 4.69) is 0 Å². The SMILES string of the molecule is Cl.O=S(=O)(O)O.O=S(=O)([O-])[O-].[Cu+2]. The van der Waals surface area contributed by atoms with Crippen molar-refractivity contribution in [2.24, 2.45) is 0 Å². The van der Waals surface area contributed by atoms with Crippen molar-refractivity contribution in [1.82, 2.24) is 0 Å². The quantitative estimate of drug-likeness (QED) is 0.308. The van der Waals surface area contributed by atoms with Gasteiger partial charge in [0, 0.05) is 10.4 Å². The second-order valence-corrected chi connectivity index (χ2v) is 2.57. The van der Waals surface area contributed by atoms with Gasteiger partial charge in [0.1, 0.15) is 0 Å². The summed E-state index contributed by atoms with van der Waals surface area (Å²) in [5.74, 6) is 0. The van der Waals surface area contributed by atoms with Crippen LogP contribution >= 0.6 is 12.4 Å². The van der Waals surface area contributed by atoms with Crippen LogP contribution in [-0.2, 0) is 37.9 Å². The maximum absolute atomic E-state index is 8.74. The zero-order valence-electron chi connectivity index (χ0n) is 4.87. The molecule has 0 aromatic carbocycles. The van der Waals surface area contributed by atoms with Crippen molar-refractivity contribution in [3.63, 3.8) is 0 Å². The third-order valence-corrected chi connectivity index (χ3v) is 0. The molecule has 12 heteroatoms. The summed E-state index contributed by atoms with van der Waals surface area (Å²) in [6.07, 6.45) is 0. The first-order valence-corrected chi connectivity index (χ1v) is 4.10. The van der Waals surface area contributed by atoms with Gasteiger partial charge in [-0.15, -0.1) is 12.4 Å². The fraction of sp³-hybridized carbons (Fsp3) is 0. The molecule has 8 nitrogen and oxygen atoms in total. The van der Waals surface area contributed by atoms with Gasteiger partial charge in [-0.25, -0.2) is 0 Å². The monoisotopic (exact) mass is 293 g/mol. The molecule has 0 saturated carbocycles. The summed E-state index contributed by atoms with van der Waals surface area (Å²) in [4.78, 5) is 0. The van der Waals surface area contributed by atoms with E-state index in [1.165, 1.54) is 0 Å². The Kier molecular flexibility index (Phi) is 15.6. The van der Waals surface area contributed by atoms with Crippen molar-refractivity contribution < 1.29 is 52.1 Å². The Morgan fingerprint density at radius 2 is 0.917 bits per heavy atom. The molecule has 0 unspecified atom stereocenters. The van der Waals surface area contributed by atoms with E-state index in [-0.39, 0.29) is 29.5 Å². The van der Waals surface area contributed by atoms with E-state index in [9.17, 15) is 0 Å². The van der Waals surface area contributed by atoms with Crippen molar-refractivity contribution in [2.75, 3.05) is 0 Å². The molecule has 0 aliphatic carbocycles. The first-order chi connectivity index (χ1) is 4.00. The van der Waals surface area contributed by atoms with Gasteiger partial charge in [-0.3, -0.25) is 17.5 Å². The Balaban J connectivity index is -0.0000000457. The van der Waals surface area contributed by atoms with Crippen LogP contribution in [0.15, 0.2) is 0 Å². The molecule has 0 aromatic rings. The van der Waals surface area contributed by atoms with Crippen molar-refractivity contribution in [3.8, 4) is 0 Å². The molecule has 12 heavy (non-hydrogen) atoms. The molecule has 0 rings (SSSR count). The van der Waals surface area contributed by atoms with Crippen LogP contribution in [0.4, 0.5) is 0 Å². The molecule has 81 valence electrons. The average molecular weight is 294 g/mol. The summed E-state index contributed by atoms with van der Waals surface area (Å²) in [5.41, 5.74) is 0. The Bertz CT molecular complexity index is 213. The van der Waals surface area contributed by atoms with Gasteiger partial charge in [0.15, 0.2) is 0 Å². The van der Waals surface area contributed by atoms with Crippen LogP contribution in [0.5, 0.6) is 0 Å². The first-order valence-electron chi connectivity index (χ1n) is 1.37. The van der Waals surface area contributed by atoms with Crippen LogP contribution in [0, 0.1) is 0 Å². The number of halogens is 1. The predicted molar refractivity (Wildman–Crippen MR) is 31.9 cm³/mol. The molecule has 0 spiro atoms. The van der Waals surface area contributed by atoms with Crippen LogP contribution in [-0.4, -0.2) is 35.0 Å². The summed E-state index contributed by atoms with van der Waals surface area (Å²) >= 11 is 0. The van der Waals surface area contributed by atoms with E-state index in [1.54, 1.807) is 0 Å². The minimum Gasteiger partial charge on any atom is -0.759 e. The van der Waals surface area contributed by atoms with Gasteiger partial charge in [0.2, 0.25) is 0 Å². The number of rotatable bonds is 0. The van der Waals surface area contributed by atoms with Gasteiger partial charge in [-0.1, -0.05) is 0 Å². The Morgan fingerprint density at radius 1 is 0.917 bits per heavy atom. The summed E-state index contributed by atoms with van der Waals surface area (Å²) in [6.45, 7) is 0. The first kappa shape index (κ1) is 22.9. The molecule has 0 amide bonds. The van der Waals surface area contributed by atoms with Gasteiger partial charge in [0.25, 0.3) is 0 Å². The van der Waals surface area contributed by atoms with Gasteiger partial charge >= 0.3 is 27.5 Å². The summed E-state index contributed by atoms with van der Waals surface area (Å²) < 4.78 is 65.7. The molecule has 0 aromatic heterocycles. The standard InChI is InChI=1S/ClH.Cu.2H2O4S/c;;2*1-5(2,3)4/h1H;;2*(H2,1,2,3,4)/q;+2;;/p-2. The van der Waals surface area contributed by atoms with Gasteiger partial charge < -0.3 is 9.11 Å². The van der Waals surface area contributed by atoms with Crippen LogP contribution in [0.2, 0.25) is 0 Å². The van der Waals surface area contributed by atoms with Crippen LogP contribution in [0.25, 0.3) is 0 Å². The predicted octanol–water partition coefficient (Wildman–Crippen LogP) is -1.57. The Hall–Kier alpha value is 0.549.